The van der Waals surface area contributed by atoms with E-state index >= 15 is 0 Å². The van der Waals surface area contributed by atoms with Crippen LogP contribution in [-0.4, -0.2) is 51.1 Å². The van der Waals surface area contributed by atoms with Crippen molar-refractivity contribution in [2.75, 3.05) is 19.1 Å². The molecular formula is C21H21N5O4. The van der Waals surface area contributed by atoms with Crippen LogP contribution in [-0.2, 0) is 6.54 Å². The number of anilines is 1. The Labute approximate surface area is 173 Å². The molecule has 154 valence electrons. The van der Waals surface area contributed by atoms with E-state index in [0.717, 1.165) is 5.56 Å². The van der Waals surface area contributed by atoms with Crippen LogP contribution in [0.4, 0.5) is 5.69 Å². The van der Waals surface area contributed by atoms with Gasteiger partial charge in [-0.05, 0) is 25.1 Å². The summed E-state index contributed by atoms with van der Waals surface area (Å²) < 4.78 is 12.1. The van der Waals surface area contributed by atoms with Gasteiger partial charge in [0.15, 0.2) is 5.75 Å². The Hall–Kier alpha value is -3.72. The van der Waals surface area contributed by atoms with Crippen molar-refractivity contribution in [3.63, 3.8) is 0 Å². The van der Waals surface area contributed by atoms with Gasteiger partial charge in [0.05, 0.1) is 55.7 Å². The van der Waals surface area contributed by atoms with Crippen molar-refractivity contribution in [2.45, 2.75) is 19.6 Å². The summed E-state index contributed by atoms with van der Waals surface area (Å²) >= 11 is 0. The number of pyridine rings is 2. The fourth-order valence-corrected chi connectivity index (χ4v) is 3.34. The summed E-state index contributed by atoms with van der Waals surface area (Å²) in [5, 5.41) is 13.7. The Kier molecular flexibility index (Phi) is 4.96. The van der Waals surface area contributed by atoms with Gasteiger partial charge in [-0.3, -0.25) is 14.4 Å². The predicted octanol–water partition coefficient (Wildman–Crippen LogP) is 2.37. The molecule has 0 bridgehead atoms. The Balaban J connectivity index is 1.68. The maximum absolute atomic E-state index is 13.0. The average molecular weight is 407 g/mol. The Bertz CT molecular complexity index is 1140. The summed E-state index contributed by atoms with van der Waals surface area (Å²) in [5.74, 6) is 0.637. The zero-order valence-corrected chi connectivity index (χ0v) is 16.9. The number of methoxy groups -OCH3 is 2. The monoisotopic (exact) mass is 407 g/mol. The summed E-state index contributed by atoms with van der Waals surface area (Å²) in [6.45, 7) is 6.07. The molecule has 3 aromatic heterocycles. The van der Waals surface area contributed by atoms with Gasteiger partial charge in [0, 0.05) is 18.0 Å². The Morgan fingerprint density at radius 1 is 1.23 bits per heavy atom. The lowest BCUT2D eigenvalue weighted by Gasteiger charge is -2.14. The molecule has 4 heterocycles. The van der Waals surface area contributed by atoms with Gasteiger partial charge in [0.1, 0.15) is 5.69 Å². The van der Waals surface area contributed by atoms with Crippen LogP contribution >= 0.6 is 0 Å². The van der Waals surface area contributed by atoms with Crippen LogP contribution in [0.2, 0.25) is 0 Å². The highest BCUT2D eigenvalue weighted by Crippen LogP contribution is 2.36. The van der Waals surface area contributed by atoms with Crippen molar-refractivity contribution in [2.24, 2.45) is 0 Å². The van der Waals surface area contributed by atoms with Crippen LogP contribution < -0.4 is 14.4 Å². The van der Waals surface area contributed by atoms with Gasteiger partial charge in [-0.15, -0.1) is 0 Å². The van der Waals surface area contributed by atoms with Gasteiger partial charge >= 0.3 is 0 Å². The molecule has 0 aromatic carbocycles. The van der Waals surface area contributed by atoms with Gasteiger partial charge in [-0.1, -0.05) is 6.58 Å². The van der Waals surface area contributed by atoms with Gasteiger partial charge in [-0.2, -0.15) is 5.10 Å². The molecule has 0 radical (unpaired) electrons. The van der Waals surface area contributed by atoms with Crippen LogP contribution in [0, 0.1) is 0 Å². The van der Waals surface area contributed by atoms with Crippen LogP contribution in [0.15, 0.2) is 43.4 Å². The molecule has 1 N–H and O–H groups in total. The smallest absolute Gasteiger partial charge is 0.265 e. The van der Waals surface area contributed by atoms with Crippen molar-refractivity contribution in [3.05, 3.63) is 54.6 Å². The maximum atomic E-state index is 13.0. The number of rotatable bonds is 6. The zero-order chi connectivity index (χ0) is 21.4. The molecule has 30 heavy (non-hydrogen) atoms. The fraction of sp³-hybridized carbons (Fsp3) is 0.238. The topological polar surface area (TPSA) is 103 Å². The molecule has 9 heteroatoms. The third kappa shape index (κ3) is 3.29. The first-order chi connectivity index (χ1) is 14.4. The standard InChI is InChI=1S/C21H21N5O4/c1-12(27)10-25-11-15(9-23-25)26-13(2)19-16(21(26)28)5-6-17(24-19)14-7-18(29-3)20(30-4)22-8-14/h5-9,11-12,27H,2,10H2,1,3-4H3. The molecule has 0 spiro atoms. The molecule has 1 aliphatic rings. The molecule has 0 saturated heterocycles. The largest absolute Gasteiger partial charge is 0.491 e. The molecule has 4 rings (SSSR count). The van der Waals surface area contributed by atoms with Crippen molar-refractivity contribution in [3.8, 4) is 22.9 Å². The van der Waals surface area contributed by atoms with Crippen LogP contribution in [0.5, 0.6) is 11.6 Å². The first kappa shape index (κ1) is 19.6. The lowest BCUT2D eigenvalue weighted by atomic mass is 10.1. The van der Waals surface area contributed by atoms with E-state index in [1.54, 1.807) is 48.4 Å². The van der Waals surface area contributed by atoms with Crippen LogP contribution in [0.3, 0.4) is 0 Å². The second-order valence-corrected chi connectivity index (χ2v) is 6.89. The van der Waals surface area contributed by atoms with Crippen molar-refractivity contribution in [1.29, 1.82) is 0 Å². The quantitative estimate of drug-likeness (QED) is 0.669. The number of amides is 1. The number of hydrogen-bond donors (Lipinski definition) is 1. The molecule has 1 aliphatic heterocycles. The van der Waals surface area contributed by atoms with Gasteiger partial charge in [0.2, 0.25) is 0 Å². The van der Waals surface area contributed by atoms with Crippen LogP contribution in [0.1, 0.15) is 23.0 Å². The van der Waals surface area contributed by atoms with E-state index in [4.69, 9.17) is 9.47 Å². The van der Waals surface area contributed by atoms with E-state index < -0.39 is 6.10 Å². The van der Waals surface area contributed by atoms with E-state index in [2.05, 4.69) is 21.6 Å². The summed E-state index contributed by atoms with van der Waals surface area (Å²) in [5.41, 5.74) is 3.33. The van der Waals surface area contributed by atoms with E-state index in [1.807, 2.05) is 0 Å². The number of carbonyl (C=O) groups excluding carboxylic acids is 1. The number of aromatic nitrogens is 4. The second-order valence-electron chi connectivity index (χ2n) is 6.89. The lowest BCUT2D eigenvalue weighted by molar-refractivity contribution is 0.101. The number of aliphatic hydroxyl groups is 1. The normalized spacial score (nSPS) is 14.1. The SMILES string of the molecule is C=C1c2nc(-c3cnc(OC)c(OC)c3)ccc2C(=O)N1c1cnn(CC(C)O)c1. The highest BCUT2D eigenvalue weighted by molar-refractivity contribution is 6.21. The molecular weight excluding hydrogens is 386 g/mol. The first-order valence-electron chi connectivity index (χ1n) is 9.26. The number of aliphatic hydroxyl groups excluding tert-OH is 1. The number of nitrogens with zero attached hydrogens (tertiary/aromatic N) is 5. The zero-order valence-electron chi connectivity index (χ0n) is 16.9. The van der Waals surface area contributed by atoms with E-state index in [9.17, 15) is 9.90 Å². The number of hydrogen-bond acceptors (Lipinski definition) is 7. The number of fused-ring (bicyclic) bond motifs is 1. The maximum Gasteiger partial charge on any atom is 0.265 e. The van der Waals surface area contributed by atoms with Crippen molar-refractivity contribution >= 4 is 17.3 Å². The minimum Gasteiger partial charge on any atom is -0.491 e. The van der Waals surface area contributed by atoms with Gasteiger partial charge < -0.3 is 14.6 Å². The Morgan fingerprint density at radius 3 is 2.73 bits per heavy atom. The summed E-state index contributed by atoms with van der Waals surface area (Å²) in [7, 11) is 3.06. The Morgan fingerprint density at radius 2 is 2.03 bits per heavy atom. The van der Waals surface area contributed by atoms with Crippen LogP contribution in [0.25, 0.3) is 17.0 Å². The summed E-state index contributed by atoms with van der Waals surface area (Å²) in [6, 6.07) is 5.26. The molecule has 1 unspecified atom stereocenters. The minimum absolute atomic E-state index is 0.226. The highest BCUT2D eigenvalue weighted by atomic mass is 16.5. The third-order valence-electron chi connectivity index (χ3n) is 4.73. The van der Waals surface area contributed by atoms with E-state index in [-0.39, 0.29) is 5.91 Å². The van der Waals surface area contributed by atoms with E-state index in [1.165, 1.54) is 19.1 Å². The average Bonchev–Trinajstić information content (AvgIpc) is 3.28. The molecule has 3 aromatic rings. The van der Waals surface area contributed by atoms with Gasteiger partial charge in [-0.25, -0.2) is 9.97 Å². The van der Waals surface area contributed by atoms with Gasteiger partial charge in [0.25, 0.3) is 11.8 Å². The van der Waals surface area contributed by atoms with Crippen molar-refractivity contribution < 1.29 is 19.4 Å². The molecule has 0 fully saturated rings. The second kappa shape index (κ2) is 7.60. The van der Waals surface area contributed by atoms with Crippen molar-refractivity contribution in [1.82, 2.24) is 19.7 Å². The predicted molar refractivity (Wildman–Crippen MR) is 110 cm³/mol. The molecule has 1 atom stereocenters. The highest BCUT2D eigenvalue weighted by Gasteiger charge is 2.34. The molecule has 9 nitrogen and oxygen atoms in total. The third-order valence-corrected chi connectivity index (χ3v) is 4.73. The fourth-order valence-electron chi connectivity index (χ4n) is 3.34. The number of carbonyl (C=O) groups is 1. The molecule has 0 aliphatic carbocycles. The first-order valence-corrected chi connectivity index (χ1v) is 9.26. The van der Waals surface area contributed by atoms with E-state index in [0.29, 0.717) is 46.5 Å². The summed E-state index contributed by atoms with van der Waals surface area (Å²) in [4.78, 5) is 23.3. The summed E-state index contributed by atoms with van der Waals surface area (Å²) in [6.07, 6.45) is 4.34. The minimum atomic E-state index is -0.549. The lowest BCUT2D eigenvalue weighted by Crippen LogP contribution is -2.21. The molecule has 1 amide bonds. The molecule has 0 saturated carbocycles. The number of ether oxygens (including phenoxy) is 2.